The minimum atomic E-state index is -0.155. The maximum Gasteiger partial charge on any atom is 0.0980 e. The molecule has 17 heavy (non-hydrogen) atoms. The van der Waals surface area contributed by atoms with Gasteiger partial charge in [0.25, 0.3) is 0 Å². The van der Waals surface area contributed by atoms with Gasteiger partial charge in [0.1, 0.15) is 0 Å². The van der Waals surface area contributed by atoms with Crippen LogP contribution in [0.4, 0.5) is 5.69 Å². The molecule has 0 amide bonds. The summed E-state index contributed by atoms with van der Waals surface area (Å²) in [6.45, 7) is 1.98. The monoisotopic (exact) mass is 257 g/mol. The number of hydrogen-bond acceptors (Lipinski definition) is 4. The molecule has 1 aromatic carbocycles. The number of nitrogens with zero attached hydrogens (tertiary/aromatic N) is 1. The van der Waals surface area contributed by atoms with Crippen LogP contribution in [0.1, 0.15) is 5.56 Å². The lowest BCUT2D eigenvalue weighted by Gasteiger charge is -2.34. The van der Waals surface area contributed by atoms with Crippen molar-refractivity contribution in [1.29, 1.82) is 0 Å². The fourth-order valence-corrected chi connectivity index (χ4v) is 2.28. The summed E-state index contributed by atoms with van der Waals surface area (Å²) in [4.78, 5) is 2.09. The molecule has 5 heteroatoms. The Labute approximate surface area is 105 Å². The fourth-order valence-electron chi connectivity index (χ4n) is 1.95. The van der Waals surface area contributed by atoms with E-state index in [1.165, 1.54) is 0 Å². The zero-order valence-electron chi connectivity index (χ0n) is 9.47. The first-order valence-corrected chi connectivity index (χ1v) is 5.99. The Hall–Kier alpha value is -0.810. The summed E-state index contributed by atoms with van der Waals surface area (Å²) in [6.07, 6.45) is -0.155. The molecule has 4 nitrogen and oxygen atoms in total. The summed E-state index contributed by atoms with van der Waals surface area (Å²) in [7, 11) is 0. The molecule has 1 saturated heterocycles. The molecule has 94 valence electrons. The molecule has 1 fully saturated rings. The van der Waals surface area contributed by atoms with Crippen LogP contribution >= 0.6 is 11.6 Å². The highest BCUT2D eigenvalue weighted by molar-refractivity contribution is 6.33. The van der Waals surface area contributed by atoms with Gasteiger partial charge in [0.15, 0.2) is 0 Å². The second-order valence-corrected chi connectivity index (χ2v) is 4.47. The van der Waals surface area contributed by atoms with Crippen LogP contribution in [0.3, 0.4) is 0 Å². The average molecular weight is 258 g/mol. The van der Waals surface area contributed by atoms with Crippen molar-refractivity contribution in [3.05, 3.63) is 28.8 Å². The standard InChI is InChI=1S/C12H16ClNO3/c13-11-5-9(7-15)1-2-12(11)14-3-4-17-10(6-14)8-16/h1-2,5,10,15-16H,3-4,6-8H2. The van der Waals surface area contributed by atoms with Crippen LogP contribution in [0.2, 0.25) is 5.02 Å². The minimum absolute atomic E-state index is 0.0115. The number of rotatable bonds is 3. The van der Waals surface area contributed by atoms with Crippen molar-refractivity contribution in [3.8, 4) is 0 Å². The zero-order chi connectivity index (χ0) is 12.3. The number of anilines is 1. The number of ether oxygens (including phenoxy) is 1. The lowest BCUT2D eigenvalue weighted by molar-refractivity contribution is 0.00357. The van der Waals surface area contributed by atoms with Crippen molar-refractivity contribution in [2.24, 2.45) is 0 Å². The number of morpholine rings is 1. The SMILES string of the molecule is OCc1ccc(N2CCOC(CO)C2)c(Cl)c1. The third-order valence-corrected chi connectivity index (χ3v) is 3.18. The Balaban J connectivity index is 2.16. The Morgan fingerprint density at radius 3 is 2.88 bits per heavy atom. The Morgan fingerprint density at radius 2 is 2.24 bits per heavy atom. The maximum absolute atomic E-state index is 9.09. The molecule has 2 rings (SSSR count). The molecule has 2 N–H and O–H groups in total. The van der Waals surface area contributed by atoms with E-state index < -0.39 is 0 Å². The molecule has 1 unspecified atom stereocenters. The quantitative estimate of drug-likeness (QED) is 0.849. The molecule has 0 bridgehead atoms. The van der Waals surface area contributed by atoms with Gasteiger partial charge in [-0.1, -0.05) is 17.7 Å². The highest BCUT2D eigenvalue weighted by Gasteiger charge is 2.21. The predicted molar refractivity (Wildman–Crippen MR) is 66.4 cm³/mol. The van der Waals surface area contributed by atoms with Crippen molar-refractivity contribution in [2.45, 2.75) is 12.7 Å². The molecule has 0 radical (unpaired) electrons. The van der Waals surface area contributed by atoms with Gasteiger partial charge in [-0.25, -0.2) is 0 Å². The van der Waals surface area contributed by atoms with Crippen molar-refractivity contribution in [3.63, 3.8) is 0 Å². The second kappa shape index (κ2) is 5.69. The van der Waals surface area contributed by atoms with E-state index in [-0.39, 0.29) is 19.3 Å². The van der Waals surface area contributed by atoms with Gasteiger partial charge in [0.2, 0.25) is 0 Å². The van der Waals surface area contributed by atoms with Gasteiger partial charge in [0, 0.05) is 13.1 Å². The van der Waals surface area contributed by atoms with Gasteiger partial charge in [-0.2, -0.15) is 0 Å². The topological polar surface area (TPSA) is 52.9 Å². The van der Waals surface area contributed by atoms with Crippen molar-refractivity contribution < 1.29 is 14.9 Å². The van der Waals surface area contributed by atoms with Crippen molar-refractivity contribution >= 4 is 17.3 Å². The summed E-state index contributed by atoms with van der Waals surface area (Å²) in [5, 5.41) is 18.7. The Kier molecular flexibility index (Phi) is 4.23. The number of halogens is 1. The molecule has 1 heterocycles. The third-order valence-electron chi connectivity index (χ3n) is 2.88. The van der Waals surface area contributed by atoms with Crippen LogP contribution in [0.5, 0.6) is 0 Å². The first kappa shape index (κ1) is 12.6. The van der Waals surface area contributed by atoms with Crippen molar-refractivity contribution in [1.82, 2.24) is 0 Å². The highest BCUT2D eigenvalue weighted by Crippen LogP contribution is 2.28. The fraction of sp³-hybridized carbons (Fsp3) is 0.500. The van der Waals surface area contributed by atoms with Gasteiger partial charge < -0.3 is 19.8 Å². The van der Waals surface area contributed by atoms with Gasteiger partial charge >= 0.3 is 0 Å². The van der Waals surface area contributed by atoms with Gasteiger partial charge in [0.05, 0.1) is 36.6 Å². The summed E-state index contributed by atoms with van der Waals surface area (Å²) in [6, 6.07) is 5.51. The van der Waals surface area contributed by atoms with E-state index in [0.29, 0.717) is 18.2 Å². The molecule has 0 aliphatic carbocycles. The van der Waals surface area contributed by atoms with E-state index in [0.717, 1.165) is 17.8 Å². The minimum Gasteiger partial charge on any atom is -0.394 e. The van der Waals surface area contributed by atoms with Crippen LogP contribution in [-0.4, -0.2) is 42.6 Å². The summed E-state index contributed by atoms with van der Waals surface area (Å²) >= 11 is 6.18. The summed E-state index contributed by atoms with van der Waals surface area (Å²) < 4.78 is 5.39. The Bertz CT molecular complexity index is 386. The molecular formula is C12H16ClNO3. The second-order valence-electron chi connectivity index (χ2n) is 4.07. The molecular weight excluding hydrogens is 242 g/mol. The summed E-state index contributed by atoms with van der Waals surface area (Å²) in [5.41, 5.74) is 1.72. The molecule has 0 spiro atoms. The smallest absolute Gasteiger partial charge is 0.0980 e. The van der Waals surface area contributed by atoms with E-state index in [9.17, 15) is 0 Å². The molecule has 1 aliphatic rings. The lowest BCUT2D eigenvalue weighted by Crippen LogP contribution is -2.44. The largest absolute Gasteiger partial charge is 0.394 e. The Morgan fingerprint density at radius 1 is 1.41 bits per heavy atom. The van der Waals surface area contributed by atoms with Crippen LogP contribution in [0.15, 0.2) is 18.2 Å². The first-order valence-electron chi connectivity index (χ1n) is 5.61. The van der Waals surface area contributed by atoms with E-state index in [4.69, 9.17) is 26.6 Å². The normalized spacial score (nSPS) is 20.6. The number of aliphatic hydroxyl groups is 2. The first-order chi connectivity index (χ1) is 8.24. The molecule has 0 aromatic heterocycles. The van der Waals surface area contributed by atoms with Gasteiger partial charge in [-0.05, 0) is 17.7 Å². The molecule has 1 aliphatic heterocycles. The van der Waals surface area contributed by atoms with Gasteiger partial charge in [-0.3, -0.25) is 0 Å². The van der Waals surface area contributed by atoms with E-state index >= 15 is 0 Å². The van der Waals surface area contributed by atoms with E-state index in [1.54, 1.807) is 6.07 Å². The van der Waals surface area contributed by atoms with Crippen LogP contribution in [0, 0.1) is 0 Å². The van der Waals surface area contributed by atoms with E-state index in [1.807, 2.05) is 12.1 Å². The van der Waals surface area contributed by atoms with Crippen molar-refractivity contribution in [2.75, 3.05) is 31.2 Å². The van der Waals surface area contributed by atoms with Crippen LogP contribution in [0.25, 0.3) is 0 Å². The molecule has 1 aromatic rings. The zero-order valence-corrected chi connectivity index (χ0v) is 10.2. The predicted octanol–water partition coefficient (Wildman–Crippen LogP) is 1.03. The number of aliphatic hydroxyl groups excluding tert-OH is 2. The summed E-state index contributed by atoms with van der Waals surface area (Å²) in [5.74, 6) is 0. The van der Waals surface area contributed by atoms with Crippen LogP contribution < -0.4 is 4.90 Å². The van der Waals surface area contributed by atoms with Gasteiger partial charge in [-0.15, -0.1) is 0 Å². The highest BCUT2D eigenvalue weighted by atomic mass is 35.5. The molecule has 0 saturated carbocycles. The maximum atomic E-state index is 9.09. The molecule has 1 atom stereocenters. The number of hydrogen-bond donors (Lipinski definition) is 2. The van der Waals surface area contributed by atoms with Crippen LogP contribution in [-0.2, 0) is 11.3 Å². The number of benzene rings is 1. The average Bonchev–Trinajstić information content (AvgIpc) is 2.38. The van der Waals surface area contributed by atoms with E-state index in [2.05, 4.69) is 4.90 Å². The lowest BCUT2D eigenvalue weighted by atomic mass is 10.2. The third kappa shape index (κ3) is 2.90.